The average Bonchev–Trinajstić information content (AvgIpc) is 2.17. The number of rotatable bonds is 3. The average molecular weight is 202 g/mol. The predicted molar refractivity (Wildman–Crippen MR) is 61.2 cm³/mol. The maximum Gasteiger partial charge on any atom is 0.0347 e. The Balaban J connectivity index is 2.66. The molecule has 1 aliphatic heterocycles. The van der Waals surface area contributed by atoms with Crippen LogP contribution in [0.4, 0.5) is 0 Å². The normalized spacial score (nSPS) is 22.6. The molecule has 78 valence electrons. The molecule has 0 radical (unpaired) electrons. The zero-order chi connectivity index (χ0) is 9.90. The lowest BCUT2D eigenvalue weighted by Gasteiger charge is -2.46. The predicted octanol–water partition coefficient (Wildman–Crippen LogP) is 1.55. The number of nitrogens with zero attached hydrogens (tertiary/aromatic N) is 1. The highest BCUT2D eigenvalue weighted by molar-refractivity contribution is 7.99. The van der Waals surface area contributed by atoms with Crippen LogP contribution in [0.5, 0.6) is 0 Å². The lowest BCUT2D eigenvalue weighted by Crippen LogP contribution is -2.56. The standard InChI is InChI=1S/C10H22N2S/c1-9(2)12(3)10(8-11)4-6-13-7-5-10/h9H,4-8,11H2,1-3H3. The molecule has 0 aromatic carbocycles. The van der Waals surface area contributed by atoms with Crippen LogP contribution in [0.25, 0.3) is 0 Å². The van der Waals surface area contributed by atoms with Crippen LogP contribution in [0, 0.1) is 0 Å². The summed E-state index contributed by atoms with van der Waals surface area (Å²) in [6.45, 7) is 5.31. The van der Waals surface area contributed by atoms with Gasteiger partial charge in [-0.2, -0.15) is 11.8 Å². The van der Waals surface area contributed by atoms with Crippen molar-refractivity contribution < 1.29 is 0 Å². The van der Waals surface area contributed by atoms with Crippen molar-refractivity contribution in [2.24, 2.45) is 5.73 Å². The largest absolute Gasteiger partial charge is 0.329 e. The number of likely N-dealkylation sites (N-methyl/N-ethyl adjacent to an activating group) is 1. The fourth-order valence-corrected chi connectivity index (χ4v) is 3.25. The molecule has 0 amide bonds. The lowest BCUT2D eigenvalue weighted by molar-refractivity contribution is 0.0835. The number of hydrogen-bond donors (Lipinski definition) is 1. The molecule has 2 nitrogen and oxygen atoms in total. The van der Waals surface area contributed by atoms with Gasteiger partial charge in [-0.25, -0.2) is 0 Å². The first-order valence-electron chi connectivity index (χ1n) is 5.13. The Labute approximate surface area is 86.2 Å². The SMILES string of the molecule is CC(C)N(C)C1(CN)CCSCC1. The molecule has 0 bridgehead atoms. The second-order valence-corrected chi connectivity index (χ2v) is 5.47. The minimum Gasteiger partial charge on any atom is -0.329 e. The van der Waals surface area contributed by atoms with Crippen LogP contribution in [-0.4, -0.2) is 41.6 Å². The van der Waals surface area contributed by atoms with Gasteiger partial charge in [-0.05, 0) is 45.2 Å². The molecule has 13 heavy (non-hydrogen) atoms. The highest BCUT2D eigenvalue weighted by Crippen LogP contribution is 2.31. The third-order valence-corrected chi connectivity index (χ3v) is 4.31. The summed E-state index contributed by atoms with van der Waals surface area (Å²) in [7, 11) is 2.22. The first-order chi connectivity index (χ1) is 6.12. The zero-order valence-corrected chi connectivity index (χ0v) is 9.86. The van der Waals surface area contributed by atoms with Gasteiger partial charge in [0, 0.05) is 18.1 Å². The maximum atomic E-state index is 5.93. The summed E-state index contributed by atoms with van der Waals surface area (Å²) in [6, 6.07) is 0.603. The van der Waals surface area contributed by atoms with Crippen LogP contribution in [0.2, 0.25) is 0 Å². The van der Waals surface area contributed by atoms with Crippen LogP contribution in [0.15, 0.2) is 0 Å². The zero-order valence-electron chi connectivity index (χ0n) is 9.05. The van der Waals surface area contributed by atoms with Crippen molar-refractivity contribution in [3.05, 3.63) is 0 Å². The molecule has 2 N–H and O–H groups in total. The summed E-state index contributed by atoms with van der Waals surface area (Å²) in [6.07, 6.45) is 2.51. The van der Waals surface area contributed by atoms with Crippen LogP contribution in [0.1, 0.15) is 26.7 Å². The first kappa shape index (κ1) is 11.3. The molecule has 1 aliphatic rings. The van der Waals surface area contributed by atoms with Gasteiger partial charge in [0.05, 0.1) is 0 Å². The van der Waals surface area contributed by atoms with E-state index in [0.29, 0.717) is 11.6 Å². The fourth-order valence-electron chi connectivity index (χ4n) is 2.00. The Morgan fingerprint density at radius 3 is 2.31 bits per heavy atom. The summed E-state index contributed by atoms with van der Waals surface area (Å²) in [4.78, 5) is 2.46. The topological polar surface area (TPSA) is 29.3 Å². The van der Waals surface area contributed by atoms with Crippen molar-refractivity contribution >= 4 is 11.8 Å². The molecule has 1 fully saturated rings. The first-order valence-corrected chi connectivity index (χ1v) is 6.28. The van der Waals surface area contributed by atoms with E-state index in [4.69, 9.17) is 5.73 Å². The van der Waals surface area contributed by atoms with E-state index in [0.717, 1.165) is 6.54 Å². The quantitative estimate of drug-likeness (QED) is 0.753. The van der Waals surface area contributed by atoms with Crippen LogP contribution >= 0.6 is 11.8 Å². The molecule has 0 unspecified atom stereocenters. The van der Waals surface area contributed by atoms with Crippen molar-refractivity contribution in [1.82, 2.24) is 4.90 Å². The molecule has 3 heteroatoms. The van der Waals surface area contributed by atoms with Gasteiger partial charge in [-0.1, -0.05) is 0 Å². The Morgan fingerprint density at radius 1 is 1.38 bits per heavy atom. The highest BCUT2D eigenvalue weighted by Gasteiger charge is 2.35. The summed E-state index contributed by atoms with van der Waals surface area (Å²) in [5.41, 5.74) is 6.22. The van der Waals surface area contributed by atoms with Gasteiger partial charge >= 0.3 is 0 Å². The Morgan fingerprint density at radius 2 is 1.92 bits per heavy atom. The lowest BCUT2D eigenvalue weighted by atomic mass is 9.89. The number of nitrogens with two attached hydrogens (primary N) is 1. The third-order valence-electron chi connectivity index (χ3n) is 3.33. The highest BCUT2D eigenvalue weighted by atomic mass is 32.2. The molecule has 1 heterocycles. The van der Waals surface area contributed by atoms with Crippen molar-refractivity contribution in [2.75, 3.05) is 25.1 Å². The molecule has 0 aliphatic carbocycles. The molecule has 0 aromatic rings. The van der Waals surface area contributed by atoms with Gasteiger partial charge in [0.15, 0.2) is 0 Å². The third kappa shape index (κ3) is 2.39. The Bertz CT molecular complexity index is 153. The van der Waals surface area contributed by atoms with Crippen LogP contribution in [0.3, 0.4) is 0 Å². The van der Waals surface area contributed by atoms with Gasteiger partial charge in [-0.3, -0.25) is 4.90 Å². The smallest absolute Gasteiger partial charge is 0.0347 e. The molecule has 1 saturated heterocycles. The van der Waals surface area contributed by atoms with E-state index in [1.807, 2.05) is 0 Å². The van der Waals surface area contributed by atoms with E-state index < -0.39 is 0 Å². The van der Waals surface area contributed by atoms with Crippen LogP contribution < -0.4 is 5.73 Å². The summed E-state index contributed by atoms with van der Waals surface area (Å²) >= 11 is 2.06. The molecule has 0 aromatic heterocycles. The minimum atomic E-state index is 0.291. The Kier molecular flexibility index (Phi) is 4.07. The monoisotopic (exact) mass is 202 g/mol. The molecular formula is C10H22N2S. The van der Waals surface area contributed by atoms with Gasteiger partial charge in [-0.15, -0.1) is 0 Å². The van der Waals surface area contributed by atoms with Crippen molar-refractivity contribution in [1.29, 1.82) is 0 Å². The second-order valence-electron chi connectivity index (χ2n) is 4.25. The van der Waals surface area contributed by atoms with E-state index in [-0.39, 0.29) is 0 Å². The van der Waals surface area contributed by atoms with Crippen LogP contribution in [-0.2, 0) is 0 Å². The second kappa shape index (κ2) is 4.67. The summed E-state index contributed by atoms with van der Waals surface area (Å²) < 4.78 is 0. The Hall–Kier alpha value is 0.270. The van der Waals surface area contributed by atoms with E-state index in [2.05, 4.69) is 37.6 Å². The van der Waals surface area contributed by atoms with E-state index in [9.17, 15) is 0 Å². The van der Waals surface area contributed by atoms with Gasteiger partial charge < -0.3 is 5.73 Å². The van der Waals surface area contributed by atoms with E-state index >= 15 is 0 Å². The molecule has 0 spiro atoms. The van der Waals surface area contributed by atoms with Crippen molar-refractivity contribution in [2.45, 2.75) is 38.3 Å². The van der Waals surface area contributed by atoms with Gasteiger partial charge in [0.25, 0.3) is 0 Å². The molecule has 0 saturated carbocycles. The van der Waals surface area contributed by atoms with Crippen molar-refractivity contribution in [3.8, 4) is 0 Å². The number of hydrogen-bond acceptors (Lipinski definition) is 3. The maximum absolute atomic E-state index is 5.93. The van der Waals surface area contributed by atoms with E-state index in [1.165, 1.54) is 24.3 Å². The van der Waals surface area contributed by atoms with Crippen molar-refractivity contribution in [3.63, 3.8) is 0 Å². The minimum absolute atomic E-state index is 0.291. The molecule has 0 atom stereocenters. The summed E-state index contributed by atoms with van der Waals surface area (Å²) in [5, 5.41) is 0. The summed E-state index contributed by atoms with van der Waals surface area (Å²) in [5.74, 6) is 2.54. The van der Waals surface area contributed by atoms with Gasteiger partial charge in [0.1, 0.15) is 0 Å². The fraction of sp³-hybridized carbons (Fsp3) is 1.00. The number of thioether (sulfide) groups is 1. The van der Waals surface area contributed by atoms with E-state index in [1.54, 1.807) is 0 Å². The molecule has 1 rings (SSSR count). The molecular weight excluding hydrogens is 180 g/mol. The van der Waals surface area contributed by atoms with Gasteiger partial charge in [0.2, 0.25) is 0 Å².